The van der Waals surface area contributed by atoms with E-state index in [2.05, 4.69) is 22.2 Å². The standard InChI is InChI=1S/C20H25N3O3S2/c1-5-26-19(25)17-14-7-6-11(2)8-15(14)28-18(17)23-16(24)10-27-20-21-12(3)9-13(4)22-20/h9,11H,5-8,10H2,1-4H3,(H,23,24)/t11-/m1/s1. The molecule has 2 heterocycles. The van der Waals surface area contributed by atoms with Crippen molar-refractivity contribution in [1.29, 1.82) is 0 Å². The maximum absolute atomic E-state index is 12.5. The Morgan fingerprint density at radius 2 is 2.04 bits per heavy atom. The van der Waals surface area contributed by atoms with Crippen LogP contribution in [0.1, 0.15) is 52.5 Å². The zero-order chi connectivity index (χ0) is 20.3. The Morgan fingerprint density at radius 3 is 2.71 bits per heavy atom. The van der Waals surface area contributed by atoms with Gasteiger partial charge in [-0.05, 0) is 57.6 Å². The number of aryl methyl sites for hydroxylation is 2. The zero-order valence-electron chi connectivity index (χ0n) is 16.6. The van der Waals surface area contributed by atoms with E-state index < -0.39 is 0 Å². The minimum Gasteiger partial charge on any atom is -0.462 e. The van der Waals surface area contributed by atoms with Gasteiger partial charge in [-0.2, -0.15) is 0 Å². The van der Waals surface area contributed by atoms with E-state index in [4.69, 9.17) is 4.74 Å². The average Bonchev–Trinajstić information content (AvgIpc) is 2.96. The number of fused-ring (bicyclic) bond motifs is 1. The van der Waals surface area contributed by atoms with Crippen molar-refractivity contribution in [3.63, 3.8) is 0 Å². The van der Waals surface area contributed by atoms with Crippen LogP contribution in [-0.2, 0) is 22.4 Å². The summed E-state index contributed by atoms with van der Waals surface area (Å²) in [6, 6.07) is 1.90. The van der Waals surface area contributed by atoms with Crippen LogP contribution in [0.3, 0.4) is 0 Å². The highest BCUT2D eigenvalue weighted by Gasteiger charge is 2.29. The van der Waals surface area contributed by atoms with Crippen LogP contribution >= 0.6 is 23.1 Å². The number of aromatic nitrogens is 2. The Bertz CT molecular complexity index is 875. The van der Waals surface area contributed by atoms with E-state index in [1.54, 1.807) is 6.92 Å². The number of carbonyl (C=O) groups excluding carboxylic acids is 2. The van der Waals surface area contributed by atoms with Crippen LogP contribution in [0.5, 0.6) is 0 Å². The topological polar surface area (TPSA) is 81.2 Å². The highest BCUT2D eigenvalue weighted by Crippen LogP contribution is 2.40. The Balaban J connectivity index is 1.75. The van der Waals surface area contributed by atoms with Crippen LogP contribution in [0.25, 0.3) is 0 Å². The number of esters is 1. The zero-order valence-corrected chi connectivity index (χ0v) is 18.3. The molecule has 0 spiro atoms. The third kappa shape index (κ3) is 4.91. The molecule has 1 aliphatic rings. The lowest BCUT2D eigenvalue weighted by atomic mass is 9.88. The number of hydrogen-bond donors (Lipinski definition) is 1. The normalized spacial score (nSPS) is 15.8. The van der Waals surface area contributed by atoms with Crippen molar-refractivity contribution in [2.75, 3.05) is 17.7 Å². The van der Waals surface area contributed by atoms with Crippen molar-refractivity contribution >= 4 is 40.0 Å². The molecular formula is C20H25N3O3S2. The first-order valence-electron chi connectivity index (χ1n) is 9.44. The predicted molar refractivity (Wildman–Crippen MR) is 112 cm³/mol. The molecule has 0 aromatic carbocycles. The first kappa shape index (κ1) is 20.8. The summed E-state index contributed by atoms with van der Waals surface area (Å²) in [6.45, 7) is 8.12. The predicted octanol–water partition coefficient (Wildman–Crippen LogP) is 4.19. The van der Waals surface area contributed by atoms with E-state index in [1.807, 2.05) is 19.9 Å². The molecule has 0 bridgehead atoms. The van der Waals surface area contributed by atoms with Gasteiger partial charge in [0, 0.05) is 16.3 Å². The molecule has 6 nitrogen and oxygen atoms in total. The molecule has 3 rings (SSSR count). The van der Waals surface area contributed by atoms with E-state index in [-0.39, 0.29) is 17.6 Å². The summed E-state index contributed by atoms with van der Waals surface area (Å²) in [6.07, 6.45) is 2.83. The summed E-state index contributed by atoms with van der Waals surface area (Å²) in [7, 11) is 0. The molecular weight excluding hydrogens is 394 g/mol. The lowest BCUT2D eigenvalue weighted by molar-refractivity contribution is -0.113. The number of thiophene rings is 1. The van der Waals surface area contributed by atoms with Gasteiger partial charge in [0.05, 0.1) is 17.9 Å². The van der Waals surface area contributed by atoms with Crippen LogP contribution in [0.4, 0.5) is 5.00 Å². The third-order valence-electron chi connectivity index (χ3n) is 4.54. The monoisotopic (exact) mass is 419 g/mol. The van der Waals surface area contributed by atoms with Crippen LogP contribution in [0.15, 0.2) is 11.2 Å². The van der Waals surface area contributed by atoms with E-state index in [1.165, 1.54) is 28.0 Å². The second-order valence-corrected chi connectivity index (χ2v) is 9.09. The number of thioether (sulfide) groups is 1. The second-order valence-electron chi connectivity index (χ2n) is 7.05. The Hall–Kier alpha value is -1.93. The quantitative estimate of drug-likeness (QED) is 0.430. The highest BCUT2D eigenvalue weighted by atomic mass is 32.2. The molecule has 0 radical (unpaired) electrons. The molecule has 0 saturated heterocycles. The molecule has 150 valence electrons. The van der Waals surface area contributed by atoms with Gasteiger partial charge in [0.1, 0.15) is 5.00 Å². The molecule has 1 atom stereocenters. The lowest BCUT2D eigenvalue weighted by Crippen LogP contribution is -2.18. The molecule has 8 heteroatoms. The largest absolute Gasteiger partial charge is 0.462 e. The maximum atomic E-state index is 12.5. The van der Waals surface area contributed by atoms with Crippen molar-refractivity contribution in [3.8, 4) is 0 Å². The maximum Gasteiger partial charge on any atom is 0.341 e. The van der Waals surface area contributed by atoms with Gasteiger partial charge < -0.3 is 10.1 Å². The first-order chi connectivity index (χ1) is 13.4. The number of ether oxygens (including phenoxy) is 1. The number of amides is 1. The van der Waals surface area contributed by atoms with Gasteiger partial charge in [-0.3, -0.25) is 4.79 Å². The Labute approximate surface area is 173 Å². The van der Waals surface area contributed by atoms with Crippen molar-refractivity contribution in [2.45, 2.75) is 52.1 Å². The van der Waals surface area contributed by atoms with Gasteiger partial charge in [-0.25, -0.2) is 14.8 Å². The third-order valence-corrected chi connectivity index (χ3v) is 6.56. The molecule has 1 N–H and O–H groups in total. The van der Waals surface area contributed by atoms with Crippen LogP contribution in [-0.4, -0.2) is 34.2 Å². The van der Waals surface area contributed by atoms with Gasteiger partial charge in [0.15, 0.2) is 5.16 Å². The fourth-order valence-electron chi connectivity index (χ4n) is 3.31. The van der Waals surface area contributed by atoms with E-state index >= 15 is 0 Å². The van der Waals surface area contributed by atoms with Crippen LogP contribution in [0.2, 0.25) is 0 Å². The number of nitrogens with one attached hydrogen (secondary N) is 1. The number of rotatable bonds is 6. The summed E-state index contributed by atoms with van der Waals surface area (Å²) >= 11 is 2.79. The highest BCUT2D eigenvalue weighted by molar-refractivity contribution is 7.99. The summed E-state index contributed by atoms with van der Waals surface area (Å²) < 4.78 is 5.25. The second kappa shape index (κ2) is 9.05. The molecule has 0 saturated carbocycles. The SMILES string of the molecule is CCOC(=O)c1c(NC(=O)CSc2nc(C)cc(C)n2)sc2c1CC[C@@H](C)C2. The summed E-state index contributed by atoms with van der Waals surface area (Å²) in [5, 5.41) is 4.11. The fraction of sp³-hybridized carbons (Fsp3) is 0.500. The molecule has 28 heavy (non-hydrogen) atoms. The van der Waals surface area contributed by atoms with Crippen molar-refractivity contribution in [3.05, 3.63) is 33.5 Å². The van der Waals surface area contributed by atoms with Gasteiger partial charge in [0.2, 0.25) is 5.91 Å². The molecule has 2 aromatic rings. The average molecular weight is 420 g/mol. The van der Waals surface area contributed by atoms with Crippen LogP contribution < -0.4 is 5.32 Å². The van der Waals surface area contributed by atoms with Crippen molar-refractivity contribution in [1.82, 2.24) is 9.97 Å². The minimum absolute atomic E-state index is 0.176. The number of hydrogen-bond acceptors (Lipinski definition) is 7. The first-order valence-corrected chi connectivity index (χ1v) is 11.2. The summed E-state index contributed by atoms with van der Waals surface area (Å²) in [5.41, 5.74) is 3.33. The smallest absolute Gasteiger partial charge is 0.341 e. The molecule has 0 unspecified atom stereocenters. The lowest BCUT2D eigenvalue weighted by Gasteiger charge is -2.18. The van der Waals surface area contributed by atoms with Gasteiger partial charge in [-0.15, -0.1) is 11.3 Å². The van der Waals surface area contributed by atoms with Crippen molar-refractivity contribution in [2.24, 2.45) is 5.92 Å². The van der Waals surface area contributed by atoms with E-state index in [0.717, 1.165) is 36.2 Å². The number of anilines is 1. The van der Waals surface area contributed by atoms with Gasteiger partial charge >= 0.3 is 5.97 Å². The molecule has 0 aliphatic heterocycles. The Kier molecular flexibility index (Phi) is 6.72. The minimum atomic E-state index is -0.352. The summed E-state index contributed by atoms with van der Waals surface area (Å²) in [5.74, 6) is 0.242. The molecule has 0 fully saturated rings. The fourth-order valence-corrected chi connectivity index (χ4v) is 5.47. The Morgan fingerprint density at radius 1 is 1.32 bits per heavy atom. The molecule has 1 amide bonds. The van der Waals surface area contributed by atoms with Crippen molar-refractivity contribution < 1.29 is 14.3 Å². The van der Waals surface area contributed by atoms with Gasteiger partial charge in [-0.1, -0.05) is 18.7 Å². The number of carbonyl (C=O) groups is 2. The molecule has 2 aromatic heterocycles. The number of nitrogens with zero attached hydrogens (tertiary/aromatic N) is 2. The van der Waals surface area contributed by atoms with E-state index in [9.17, 15) is 9.59 Å². The van der Waals surface area contributed by atoms with E-state index in [0.29, 0.717) is 28.2 Å². The van der Waals surface area contributed by atoms with Gasteiger partial charge in [0.25, 0.3) is 0 Å². The van der Waals surface area contributed by atoms with Crippen LogP contribution in [0, 0.1) is 19.8 Å². The summed E-state index contributed by atoms with van der Waals surface area (Å²) in [4.78, 5) is 34.9. The molecule has 1 aliphatic carbocycles.